The van der Waals surface area contributed by atoms with E-state index in [0.29, 0.717) is 6.04 Å². The summed E-state index contributed by atoms with van der Waals surface area (Å²) in [5.41, 5.74) is 1.18. The van der Waals surface area contributed by atoms with Crippen molar-refractivity contribution in [3.8, 4) is 0 Å². The van der Waals surface area contributed by atoms with Crippen LogP contribution in [0.4, 0.5) is 5.82 Å². The van der Waals surface area contributed by atoms with Crippen molar-refractivity contribution in [3.05, 3.63) is 23.9 Å². The molecule has 6 heteroatoms. The number of hydrogen-bond donors (Lipinski definition) is 2. The number of rotatable bonds is 10. The molecule has 0 spiro atoms. The molecule has 1 fully saturated rings. The van der Waals surface area contributed by atoms with Crippen LogP contribution in [-0.2, 0) is 6.54 Å². The molecular formula is C21H38N6. The molecule has 1 aliphatic heterocycles. The second kappa shape index (κ2) is 11.8. The van der Waals surface area contributed by atoms with Crippen molar-refractivity contribution in [2.75, 3.05) is 44.7 Å². The maximum Gasteiger partial charge on any atom is 0.191 e. The van der Waals surface area contributed by atoms with E-state index < -0.39 is 0 Å². The normalized spacial score (nSPS) is 16.0. The molecule has 1 atom stereocenters. The number of aromatic nitrogens is 1. The van der Waals surface area contributed by atoms with Gasteiger partial charge in [0, 0.05) is 38.9 Å². The largest absolute Gasteiger partial charge is 0.357 e. The van der Waals surface area contributed by atoms with Crippen LogP contribution in [0.3, 0.4) is 0 Å². The molecular weight excluding hydrogens is 336 g/mol. The third-order valence-electron chi connectivity index (χ3n) is 5.31. The lowest BCUT2D eigenvalue weighted by Crippen LogP contribution is -2.42. The number of nitrogens with zero attached hydrogens (tertiary/aromatic N) is 4. The zero-order chi connectivity index (χ0) is 19.5. The van der Waals surface area contributed by atoms with E-state index in [9.17, 15) is 0 Å². The van der Waals surface area contributed by atoms with Gasteiger partial charge in [-0.2, -0.15) is 0 Å². The van der Waals surface area contributed by atoms with Gasteiger partial charge in [0.2, 0.25) is 0 Å². The highest BCUT2D eigenvalue weighted by Gasteiger charge is 2.13. The summed E-state index contributed by atoms with van der Waals surface area (Å²) in [6.45, 7) is 13.1. The Labute approximate surface area is 165 Å². The van der Waals surface area contributed by atoms with Crippen molar-refractivity contribution in [3.63, 3.8) is 0 Å². The maximum absolute atomic E-state index is 4.62. The fourth-order valence-electron chi connectivity index (χ4n) is 3.50. The van der Waals surface area contributed by atoms with E-state index in [4.69, 9.17) is 0 Å². The predicted molar refractivity (Wildman–Crippen MR) is 116 cm³/mol. The van der Waals surface area contributed by atoms with Gasteiger partial charge in [-0.15, -0.1) is 0 Å². The van der Waals surface area contributed by atoms with Gasteiger partial charge in [0.15, 0.2) is 5.96 Å². The van der Waals surface area contributed by atoms with Gasteiger partial charge < -0.3 is 20.4 Å². The Morgan fingerprint density at radius 1 is 1.26 bits per heavy atom. The van der Waals surface area contributed by atoms with Gasteiger partial charge in [-0.3, -0.25) is 4.99 Å². The predicted octanol–water partition coefficient (Wildman–Crippen LogP) is 2.86. The lowest BCUT2D eigenvalue weighted by Gasteiger charge is -2.21. The minimum absolute atomic E-state index is 0.405. The van der Waals surface area contributed by atoms with Crippen LogP contribution >= 0.6 is 0 Å². The Morgan fingerprint density at radius 2 is 2.00 bits per heavy atom. The smallest absolute Gasteiger partial charge is 0.191 e. The average molecular weight is 375 g/mol. The van der Waals surface area contributed by atoms with Crippen LogP contribution in [0.2, 0.25) is 0 Å². The van der Waals surface area contributed by atoms with Gasteiger partial charge in [0.05, 0.1) is 0 Å². The van der Waals surface area contributed by atoms with E-state index >= 15 is 0 Å². The second-order valence-corrected chi connectivity index (χ2v) is 7.36. The molecule has 0 bridgehead atoms. The molecule has 1 unspecified atom stereocenters. The lowest BCUT2D eigenvalue weighted by molar-refractivity contribution is 0.292. The third-order valence-corrected chi connectivity index (χ3v) is 5.31. The van der Waals surface area contributed by atoms with E-state index in [2.05, 4.69) is 63.3 Å². The highest BCUT2D eigenvalue weighted by molar-refractivity contribution is 5.79. The molecule has 6 nitrogen and oxygen atoms in total. The Morgan fingerprint density at radius 3 is 2.59 bits per heavy atom. The van der Waals surface area contributed by atoms with E-state index in [0.717, 1.165) is 50.9 Å². The number of aliphatic imine (C=N–C) groups is 1. The minimum atomic E-state index is 0.405. The van der Waals surface area contributed by atoms with E-state index in [1.807, 2.05) is 13.2 Å². The van der Waals surface area contributed by atoms with E-state index in [1.54, 1.807) is 0 Å². The Hall–Kier alpha value is -1.82. The summed E-state index contributed by atoms with van der Waals surface area (Å²) in [6, 6.07) is 4.70. The standard InChI is InChI=1S/C21H38N6/c1-5-26(6-2)13-9-10-18(3)25-21(22-4)24-17-19-11-12-20(23-16-19)27-14-7-8-15-27/h11-12,16,18H,5-10,13-15,17H2,1-4H3,(H2,22,24,25). The van der Waals surface area contributed by atoms with Crippen molar-refractivity contribution in [2.45, 2.75) is 59.0 Å². The van der Waals surface area contributed by atoms with Gasteiger partial charge in [0.1, 0.15) is 5.82 Å². The molecule has 0 saturated carbocycles. The number of hydrogen-bond acceptors (Lipinski definition) is 4. The number of pyridine rings is 1. The van der Waals surface area contributed by atoms with Crippen LogP contribution in [0.15, 0.2) is 23.3 Å². The van der Waals surface area contributed by atoms with Crippen molar-refractivity contribution in [1.29, 1.82) is 0 Å². The summed E-state index contributed by atoms with van der Waals surface area (Å²) in [5.74, 6) is 1.95. The first-order chi connectivity index (χ1) is 13.2. The quantitative estimate of drug-likeness (QED) is 0.487. The van der Waals surface area contributed by atoms with Gasteiger partial charge >= 0.3 is 0 Å². The molecule has 1 aromatic heterocycles. The number of nitrogens with one attached hydrogen (secondary N) is 2. The number of guanidine groups is 1. The zero-order valence-corrected chi connectivity index (χ0v) is 17.7. The molecule has 2 rings (SSSR count). The summed E-state index contributed by atoms with van der Waals surface area (Å²) in [7, 11) is 1.83. The molecule has 1 aromatic rings. The molecule has 152 valence electrons. The summed E-state index contributed by atoms with van der Waals surface area (Å²) in [4.78, 5) is 13.8. The summed E-state index contributed by atoms with van der Waals surface area (Å²) in [6.07, 6.45) is 6.87. The van der Waals surface area contributed by atoms with Crippen molar-refractivity contribution in [2.24, 2.45) is 4.99 Å². The highest BCUT2D eigenvalue weighted by Crippen LogP contribution is 2.17. The van der Waals surface area contributed by atoms with Crippen molar-refractivity contribution < 1.29 is 0 Å². The summed E-state index contributed by atoms with van der Waals surface area (Å²) >= 11 is 0. The lowest BCUT2D eigenvalue weighted by atomic mass is 10.2. The Kier molecular flexibility index (Phi) is 9.39. The fourth-order valence-corrected chi connectivity index (χ4v) is 3.50. The van der Waals surface area contributed by atoms with Gasteiger partial charge in [-0.1, -0.05) is 19.9 Å². The zero-order valence-electron chi connectivity index (χ0n) is 17.7. The molecule has 1 saturated heterocycles. The first kappa shape index (κ1) is 21.5. The number of anilines is 1. The monoisotopic (exact) mass is 374 g/mol. The highest BCUT2D eigenvalue weighted by atomic mass is 15.2. The molecule has 0 amide bonds. The third kappa shape index (κ3) is 7.37. The molecule has 0 aliphatic carbocycles. The molecule has 0 aromatic carbocycles. The minimum Gasteiger partial charge on any atom is -0.357 e. The van der Waals surface area contributed by atoms with Gasteiger partial charge in [-0.25, -0.2) is 4.98 Å². The van der Waals surface area contributed by atoms with Crippen LogP contribution in [0.25, 0.3) is 0 Å². The topological polar surface area (TPSA) is 55.8 Å². The van der Waals surface area contributed by atoms with E-state index in [1.165, 1.54) is 31.4 Å². The maximum atomic E-state index is 4.62. The second-order valence-electron chi connectivity index (χ2n) is 7.36. The fraction of sp³-hybridized carbons (Fsp3) is 0.714. The Bertz CT molecular complexity index is 546. The van der Waals surface area contributed by atoms with Crippen molar-refractivity contribution in [1.82, 2.24) is 20.5 Å². The molecule has 2 N–H and O–H groups in total. The van der Waals surface area contributed by atoms with Crippen LogP contribution in [0.5, 0.6) is 0 Å². The molecule has 0 radical (unpaired) electrons. The van der Waals surface area contributed by atoms with Crippen LogP contribution in [0, 0.1) is 0 Å². The van der Waals surface area contributed by atoms with Crippen LogP contribution in [0.1, 0.15) is 52.0 Å². The summed E-state index contributed by atoms with van der Waals surface area (Å²) in [5, 5.41) is 6.90. The van der Waals surface area contributed by atoms with Crippen LogP contribution < -0.4 is 15.5 Å². The SMILES string of the molecule is CCN(CC)CCCC(C)NC(=NC)NCc1ccc(N2CCCC2)nc1. The first-order valence-corrected chi connectivity index (χ1v) is 10.6. The summed E-state index contributed by atoms with van der Waals surface area (Å²) < 4.78 is 0. The molecule has 27 heavy (non-hydrogen) atoms. The van der Waals surface area contributed by atoms with Crippen LogP contribution in [-0.4, -0.2) is 61.7 Å². The first-order valence-electron chi connectivity index (χ1n) is 10.6. The van der Waals surface area contributed by atoms with Gasteiger partial charge in [-0.05, 0) is 63.9 Å². The molecule has 1 aliphatic rings. The molecule has 2 heterocycles. The average Bonchev–Trinajstić information content (AvgIpc) is 3.23. The Balaban J connectivity index is 1.71. The van der Waals surface area contributed by atoms with E-state index in [-0.39, 0.29) is 0 Å². The van der Waals surface area contributed by atoms with Gasteiger partial charge in [0.25, 0.3) is 0 Å². The van der Waals surface area contributed by atoms with Crippen molar-refractivity contribution >= 4 is 11.8 Å².